The second-order valence-electron chi connectivity index (χ2n) is 4.93. The molecule has 2 N–H and O–H groups in total. The maximum absolute atomic E-state index is 12.4. The fourth-order valence-electron chi connectivity index (χ4n) is 2.56. The molecule has 1 aliphatic heterocycles. The summed E-state index contributed by atoms with van der Waals surface area (Å²) < 4.78 is 0. The van der Waals surface area contributed by atoms with Gasteiger partial charge in [0, 0.05) is 24.0 Å². The fourth-order valence-corrected chi connectivity index (χ4v) is 2.85. The number of fused-ring (bicyclic) bond motifs is 1. The number of aromatic amines is 1. The molecule has 2 heterocycles. The Bertz CT molecular complexity index is 695. The van der Waals surface area contributed by atoms with Gasteiger partial charge in [-0.2, -0.15) is 0 Å². The van der Waals surface area contributed by atoms with E-state index in [0.717, 1.165) is 10.9 Å². The van der Waals surface area contributed by atoms with Gasteiger partial charge in [0.2, 0.25) is 0 Å². The van der Waals surface area contributed by atoms with E-state index >= 15 is 0 Å². The topological polar surface area (TPSA) is 73.4 Å². The second-order valence-corrected chi connectivity index (χ2v) is 5.31. The highest BCUT2D eigenvalue weighted by atomic mass is 35.5. The van der Waals surface area contributed by atoms with Crippen LogP contribution < -0.4 is 0 Å². The first-order chi connectivity index (χ1) is 9.58. The first-order valence-corrected chi connectivity index (χ1v) is 6.74. The van der Waals surface area contributed by atoms with E-state index in [1.165, 1.54) is 4.90 Å². The molecule has 0 spiro atoms. The monoisotopic (exact) mass is 292 g/mol. The normalized spacial score (nSPS) is 18.6. The summed E-state index contributed by atoms with van der Waals surface area (Å²) in [5.41, 5.74) is 1.13. The maximum atomic E-state index is 12.4. The van der Waals surface area contributed by atoms with Crippen molar-refractivity contribution in [3.8, 4) is 0 Å². The van der Waals surface area contributed by atoms with Gasteiger partial charge in [-0.25, -0.2) is 0 Å². The van der Waals surface area contributed by atoms with Crippen LogP contribution in [0, 0.1) is 5.92 Å². The summed E-state index contributed by atoms with van der Waals surface area (Å²) in [6, 6.07) is 7.41. The van der Waals surface area contributed by atoms with E-state index in [1.54, 1.807) is 0 Å². The smallest absolute Gasteiger partial charge is 0.308 e. The number of likely N-dealkylation sites (tertiary alicyclic amines) is 1. The number of carboxylic acids is 1. The number of halogens is 1. The van der Waals surface area contributed by atoms with E-state index in [1.807, 2.05) is 24.3 Å². The van der Waals surface area contributed by atoms with Gasteiger partial charge in [0.05, 0.1) is 10.9 Å². The molecule has 6 heteroatoms. The van der Waals surface area contributed by atoms with Crippen LogP contribution >= 0.6 is 11.6 Å². The molecule has 1 aromatic carbocycles. The Morgan fingerprint density at radius 2 is 2.10 bits per heavy atom. The van der Waals surface area contributed by atoms with Gasteiger partial charge in [0.1, 0.15) is 5.69 Å². The standard InChI is InChI=1S/C14H13ClN2O3/c15-11-9-3-1-2-4-10(9)16-12(11)13(18)17-6-5-8(7-17)14(19)20/h1-4,8,16H,5-7H2,(H,19,20). The minimum atomic E-state index is -0.858. The van der Waals surface area contributed by atoms with Crippen LogP contribution in [0.15, 0.2) is 24.3 Å². The molecule has 1 fully saturated rings. The predicted octanol–water partition coefficient (Wildman–Crippen LogP) is 2.37. The van der Waals surface area contributed by atoms with Crippen LogP contribution in [0.4, 0.5) is 0 Å². The van der Waals surface area contributed by atoms with Gasteiger partial charge in [-0.1, -0.05) is 29.8 Å². The highest BCUT2D eigenvalue weighted by molar-refractivity contribution is 6.38. The lowest BCUT2D eigenvalue weighted by molar-refractivity contribution is -0.141. The number of rotatable bonds is 2. The van der Waals surface area contributed by atoms with Crippen molar-refractivity contribution in [2.24, 2.45) is 5.92 Å². The Morgan fingerprint density at radius 3 is 2.75 bits per heavy atom. The highest BCUT2D eigenvalue weighted by Gasteiger charge is 2.32. The van der Waals surface area contributed by atoms with Crippen LogP contribution in [0.25, 0.3) is 10.9 Å². The van der Waals surface area contributed by atoms with Gasteiger partial charge in [-0.05, 0) is 12.5 Å². The van der Waals surface area contributed by atoms with E-state index in [0.29, 0.717) is 23.7 Å². The van der Waals surface area contributed by atoms with Gasteiger partial charge >= 0.3 is 5.97 Å². The van der Waals surface area contributed by atoms with Crippen LogP contribution in [0.1, 0.15) is 16.9 Å². The lowest BCUT2D eigenvalue weighted by Gasteiger charge is -2.14. The van der Waals surface area contributed by atoms with E-state index in [4.69, 9.17) is 16.7 Å². The SMILES string of the molecule is O=C(O)C1CCN(C(=O)c2[nH]c3ccccc3c2Cl)C1. The summed E-state index contributed by atoms with van der Waals surface area (Å²) in [6.45, 7) is 0.682. The number of H-pyrrole nitrogens is 1. The molecule has 1 aliphatic rings. The summed E-state index contributed by atoms with van der Waals surface area (Å²) in [5.74, 6) is -1.58. The Labute approximate surface area is 120 Å². The average Bonchev–Trinajstić information content (AvgIpc) is 3.04. The number of hydrogen-bond acceptors (Lipinski definition) is 2. The Kier molecular flexibility index (Phi) is 3.14. The number of para-hydroxylation sites is 1. The van der Waals surface area contributed by atoms with E-state index in [2.05, 4.69) is 4.98 Å². The maximum Gasteiger partial charge on any atom is 0.308 e. The molecule has 0 saturated carbocycles. The number of benzene rings is 1. The number of nitrogens with zero attached hydrogens (tertiary/aromatic N) is 1. The molecule has 1 amide bonds. The number of aromatic nitrogens is 1. The quantitative estimate of drug-likeness (QED) is 0.892. The molecule has 1 unspecified atom stereocenters. The molecule has 0 bridgehead atoms. The molecule has 0 aliphatic carbocycles. The average molecular weight is 293 g/mol. The number of carboxylic acid groups (broad SMARTS) is 1. The van der Waals surface area contributed by atoms with Crippen molar-refractivity contribution in [2.45, 2.75) is 6.42 Å². The number of carbonyl (C=O) groups excluding carboxylic acids is 1. The van der Waals surface area contributed by atoms with Crippen molar-refractivity contribution >= 4 is 34.4 Å². The first kappa shape index (κ1) is 13.0. The van der Waals surface area contributed by atoms with Crippen molar-refractivity contribution in [3.63, 3.8) is 0 Å². The summed E-state index contributed by atoms with van der Waals surface area (Å²) in [4.78, 5) is 27.9. The number of nitrogens with one attached hydrogen (secondary N) is 1. The minimum Gasteiger partial charge on any atom is -0.481 e. The zero-order valence-electron chi connectivity index (χ0n) is 10.6. The van der Waals surface area contributed by atoms with Crippen LogP contribution in [0.5, 0.6) is 0 Å². The van der Waals surface area contributed by atoms with Crippen molar-refractivity contribution in [1.82, 2.24) is 9.88 Å². The number of hydrogen-bond donors (Lipinski definition) is 2. The van der Waals surface area contributed by atoms with Gasteiger partial charge in [-0.15, -0.1) is 0 Å². The zero-order valence-corrected chi connectivity index (χ0v) is 11.4. The molecular formula is C14H13ClN2O3. The van der Waals surface area contributed by atoms with Crippen LogP contribution in [-0.4, -0.2) is 40.0 Å². The molecule has 1 saturated heterocycles. The predicted molar refractivity (Wildman–Crippen MR) is 75.0 cm³/mol. The fraction of sp³-hybridized carbons (Fsp3) is 0.286. The summed E-state index contributed by atoms with van der Waals surface area (Å²) >= 11 is 6.23. The summed E-state index contributed by atoms with van der Waals surface area (Å²) in [6.07, 6.45) is 0.485. The second kappa shape index (κ2) is 4.83. The van der Waals surface area contributed by atoms with Crippen molar-refractivity contribution in [3.05, 3.63) is 35.0 Å². The third-order valence-electron chi connectivity index (χ3n) is 3.68. The number of amides is 1. The van der Waals surface area contributed by atoms with Crippen molar-refractivity contribution < 1.29 is 14.7 Å². The van der Waals surface area contributed by atoms with Crippen LogP contribution in [0.3, 0.4) is 0 Å². The number of carbonyl (C=O) groups is 2. The summed E-state index contributed by atoms with van der Waals surface area (Å²) in [7, 11) is 0. The highest BCUT2D eigenvalue weighted by Crippen LogP contribution is 2.29. The van der Waals surface area contributed by atoms with Gasteiger partial charge in [-0.3, -0.25) is 9.59 Å². The largest absolute Gasteiger partial charge is 0.481 e. The van der Waals surface area contributed by atoms with E-state index in [-0.39, 0.29) is 12.5 Å². The Hall–Kier alpha value is -2.01. The Balaban J connectivity index is 1.90. The van der Waals surface area contributed by atoms with Gasteiger partial charge in [0.25, 0.3) is 5.91 Å². The lowest BCUT2D eigenvalue weighted by atomic mass is 10.1. The third-order valence-corrected chi connectivity index (χ3v) is 4.07. The molecule has 20 heavy (non-hydrogen) atoms. The van der Waals surface area contributed by atoms with E-state index in [9.17, 15) is 9.59 Å². The van der Waals surface area contributed by atoms with E-state index < -0.39 is 11.9 Å². The van der Waals surface area contributed by atoms with Gasteiger partial charge < -0.3 is 15.0 Å². The molecule has 1 atom stereocenters. The minimum absolute atomic E-state index is 0.236. The molecule has 2 aromatic rings. The van der Waals surface area contributed by atoms with Crippen molar-refractivity contribution in [1.29, 1.82) is 0 Å². The zero-order chi connectivity index (χ0) is 14.3. The van der Waals surface area contributed by atoms with Crippen molar-refractivity contribution in [2.75, 3.05) is 13.1 Å². The van der Waals surface area contributed by atoms with Gasteiger partial charge in [0.15, 0.2) is 0 Å². The molecule has 104 valence electrons. The third kappa shape index (κ3) is 2.04. The molecule has 0 radical (unpaired) electrons. The first-order valence-electron chi connectivity index (χ1n) is 6.36. The lowest BCUT2D eigenvalue weighted by Crippen LogP contribution is -2.30. The molecule has 5 nitrogen and oxygen atoms in total. The number of aliphatic carboxylic acids is 1. The van der Waals surface area contributed by atoms with Crippen LogP contribution in [-0.2, 0) is 4.79 Å². The molecule has 3 rings (SSSR count). The summed E-state index contributed by atoms with van der Waals surface area (Å²) in [5, 5.41) is 10.2. The Morgan fingerprint density at radius 1 is 1.35 bits per heavy atom. The van der Waals surface area contributed by atoms with Crippen LogP contribution in [0.2, 0.25) is 5.02 Å². The molecule has 1 aromatic heterocycles. The molecular weight excluding hydrogens is 280 g/mol.